The fourth-order valence-electron chi connectivity index (χ4n) is 3.81. The van der Waals surface area contributed by atoms with Crippen LogP contribution in [-0.4, -0.2) is 18.1 Å². The van der Waals surface area contributed by atoms with Gasteiger partial charge in [-0.15, -0.1) is 0 Å². The van der Waals surface area contributed by atoms with E-state index in [4.69, 9.17) is 0 Å². The zero-order valence-corrected chi connectivity index (χ0v) is 25.6. The number of aromatic hydroxyl groups is 1. The Morgan fingerprint density at radius 1 is 0.737 bits per heavy atom. The molecule has 210 valence electrons. The summed E-state index contributed by atoms with van der Waals surface area (Å²) in [7, 11) is -3.80. The molecule has 0 amide bonds. The lowest BCUT2D eigenvalue weighted by molar-refractivity contribution is 0.476. The maximum absolute atomic E-state index is 13.4. The molecule has 2 N–H and O–H groups in total. The van der Waals surface area contributed by atoms with Gasteiger partial charge >= 0.3 is 0 Å². The zero-order chi connectivity index (χ0) is 29.1. The van der Waals surface area contributed by atoms with Crippen molar-refractivity contribution in [2.24, 2.45) is 0 Å². The Labute approximate surface area is 231 Å². The number of phenols is 1. The third-order valence-electron chi connectivity index (χ3n) is 5.20. The molecular weight excluding hydrogens is 492 g/mol. The summed E-state index contributed by atoms with van der Waals surface area (Å²) in [6.07, 6.45) is 0.545. The lowest BCUT2D eigenvalue weighted by Crippen LogP contribution is -2.24. The van der Waals surface area contributed by atoms with Crippen LogP contribution in [0.4, 0.5) is 0 Å². The van der Waals surface area contributed by atoms with E-state index in [0.29, 0.717) is 18.4 Å². The molecule has 6 heteroatoms. The number of sulfonamides is 1. The van der Waals surface area contributed by atoms with Crippen LogP contribution in [0.1, 0.15) is 79.1 Å². The molecule has 1 heterocycles. The van der Waals surface area contributed by atoms with Gasteiger partial charge in [0.05, 0.1) is 5.52 Å². The second-order valence-corrected chi connectivity index (χ2v) is 8.92. The first-order valence-corrected chi connectivity index (χ1v) is 15.4. The van der Waals surface area contributed by atoms with Crippen LogP contribution in [-0.2, 0) is 29.5 Å². The molecule has 0 spiro atoms. The van der Waals surface area contributed by atoms with Crippen molar-refractivity contribution in [2.75, 3.05) is 0 Å². The van der Waals surface area contributed by atoms with E-state index < -0.39 is 10.0 Å². The van der Waals surface area contributed by atoms with Crippen molar-refractivity contribution in [3.05, 3.63) is 95.7 Å². The normalized spacial score (nSPS) is 9.92. The molecule has 0 saturated carbocycles. The molecule has 38 heavy (non-hydrogen) atoms. The van der Waals surface area contributed by atoms with Crippen molar-refractivity contribution in [3.63, 3.8) is 0 Å². The van der Waals surface area contributed by atoms with Gasteiger partial charge < -0.3 is 9.67 Å². The second-order valence-electron chi connectivity index (χ2n) is 7.21. The molecule has 0 bridgehead atoms. The Bertz CT molecular complexity index is 1270. The maximum Gasteiger partial charge on any atom is 0.243 e. The summed E-state index contributed by atoms with van der Waals surface area (Å²) >= 11 is 0. The highest BCUT2D eigenvalue weighted by atomic mass is 32.2. The summed E-state index contributed by atoms with van der Waals surface area (Å²) < 4.78 is 31.5. The van der Waals surface area contributed by atoms with E-state index in [9.17, 15) is 13.5 Å². The Hall–Kier alpha value is -3.09. The van der Waals surface area contributed by atoms with Gasteiger partial charge in [0.15, 0.2) is 0 Å². The number of benzene rings is 3. The van der Waals surface area contributed by atoms with Crippen LogP contribution in [0.3, 0.4) is 0 Å². The molecule has 4 rings (SSSR count). The van der Waals surface area contributed by atoms with E-state index in [2.05, 4.69) is 4.72 Å². The van der Waals surface area contributed by atoms with E-state index >= 15 is 0 Å². The minimum Gasteiger partial charge on any atom is -0.508 e. The van der Waals surface area contributed by atoms with Gasteiger partial charge in [-0.2, -0.15) is 0 Å². The zero-order valence-electron chi connectivity index (χ0n) is 24.7. The highest BCUT2D eigenvalue weighted by molar-refractivity contribution is 7.89. The smallest absolute Gasteiger partial charge is 0.243 e. The number of phenolic OH excluding ortho intramolecular Hbond substituents is 1. The standard InChI is InChI=1S/C24H24N2O3S.4C2H6/c1-2-22-24(30(28,29)25-16-18-9-5-3-6-10-18)21-15-20(27)13-14-23(21)26(22)17-19-11-7-4-8-12-19;4*1-2/h3-15,25,27H,2,16-17H2,1H3;4*1-2H3. The van der Waals surface area contributed by atoms with Gasteiger partial charge in [-0.1, -0.05) is 123 Å². The Morgan fingerprint density at radius 2 is 1.24 bits per heavy atom. The summed E-state index contributed by atoms with van der Waals surface area (Å²) in [5.74, 6) is 0.0431. The molecule has 0 saturated heterocycles. The monoisotopic (exact) mass is 540 g/mol. The Kier molecular flexibility index (Phi) is 17.5. The van der Waals surface area contributed by atoms with Crippen molar-refractivity contribution >= 4 is 20.9 Å². The van der Waals surface area contributed by atoms with Crippen molar-refractivity contribution < 1.29 is 13.5 Å². The van der Waals surface area contributed by atoms with Crippen LogP contribution < -0.4 is 4.72 Å². The number of nitrogens with one attached hydrogen (secondary N) is 1. The molecular formula is C32H48N2O3S. The van der Waals surface area contributed by atoms with E-state index in [1.807, 2.05) is 128 Å². The van der Waals surface area contributed by atoms with E-state index in [0.717, 1.165) is 22.3 Å². The fraction of sp³-hybridized carbons (Fsp3) is 0.375. The van der Waals surface area contributed by atoms with Crippen LogP contribution in [0.2, 0.25) is 0 Å². The van der Waals surface area contributed by atoms with Crippen LogP contribution in [0.15, 0.2) is 83.8 Å². The minimum atomic E-state index is -3.80. The predicted octanol–water partition coefficient (Wildman–Crippen LogP) is 8.54. The number of nitrogens with zero attached hydrogens (tertiary/aromatic N) is 1. The lowest BCUT2D eigenvalue weighted by atomic mass is 10.2. The van der Waals surface area contributed by atoms with Gasteiger partial charge in [0.2, 0.25) is 10.0 Å². The first-order chi connectivity index (χ1) is 18.5. The van der Waals surface area contributed by atoms with E-state index in [1.54, 1.807) is 12.1 Å². The third-order valence-corrected chi connectivity index (χ3v) is 6.72. The summed E-state index contributed by atoms with van der Waals surface area (Å²) in [6, 6.07) is 24.3. The molecule has 0 unspecified atom stereocenters. The number of fused-ring (bicyclic) bond motifs is 1. The lowest BCUT2D eigenvalue weighted by Gasteiger charge is -2.12. The Morgan fingerprint density at radius 3 is 1.74 bits per heavy atom. The first kappa shape index (κ1) is 34.9. The maximum atomic E-state index is 13.4. The quantitative estimate of drug-likeness (QED) is 0.247. The molecule has 0 fully saturated rings. The van der Waals surface area contributed by atoms with Crippen molar-refractivity contribution in [3.8, 4) is 5.75 Å². The van der Waals surface area contributed by atoms with Gasteiger partial charge in [0.25, 0.3) is 0 Å². The number of hydrogen-bond acceptors (Lipinski definition) is 3. The molecule has 0 radical (unpaired) electrons. The number of hydrogen-bond donors (Lipinski definition) is 2. The molecule has 0 atom stereocenters. The average molecular weight is 541 g/mol. The molecule has 3 aromatic carbocycles. The molecule has 5 nitrogen and oxygen atoms in total. The number of aromatic nitrogens is 1. The highest BCUT2D eigenvalue weighted by Gasteiger charge is 2.26. The molecule has 0 aliphatic carbocycles. The van der Waals surface area contributed by atoms with Crippen LogP contribution in [0.25, 0.3) is 10.9 Å². The van der Waals surface area contributed by atoms with Crippen LogP contribution >= 0.6 is 0 Å². The van der Waals surface area contributed by atoms with Crippen molar-refractivity contribution in [1.82, 2.24) is 9.29 Å². The van der Waals surface area contributed by atoms with Crippen molar-refractivity contribution in [1.29, 1.82) is 0 Å². The molecule has 0 aliphatic heterocycles. The summed E-state index contributed by atoms with van der Waals surface area (Å²) in [6.45, 7) is 18.7. The van der Waals surface area contributed by atoms with Gasteiger partial charge in [0.1, 0.15) is 10.6 Å². The third kappa shape index (κ3) is 9.34. The predicted molar refractivity (Wildman–Crippen MR) is 164 cm³/mol. The van der Waals surface area contributed by atoms with Crippen LogP contribution in [0, 0.1) is 0 Å². The summed E-state index contributed by atoms with van der Waals surface area (Å²) in [5, 5.41) is 10.6. The minimum absolute atomic E-state index is 0.0431. The first-order valence-electron chi connectivity index (χ1n) is 13.9. The van der Waals surface area contributed by atoms with E-state index in [1.165, 1.54) is 6.07 Å². The average Bonchev–Trinajstić information content (AvgIpc) is 3.30. The summed E-state index contributed by atoms with van der Waals surface area (Å²) in [5.41, 5.74) is 3.47. The van der Waals surface area contributed by atoms with Gasteiger partial charge in [-0.05, 0) is 35.7 Å². The summed E-state index contributed by atoms with van der Waals surface area (Å²) in [4.78, 5) is 0.239. The van der Waals surface area contributed by atoms with Gasteiger partial charge in [-0.3, -0.25) is 0 Å². The largest absolute Gasteiger partial charge is 0.508 e. The topological polar surface area (TPSA) is 71.3 Å². The van der Waals surface area contributed by atoms with E-state index in [-0.39, 0.29) is 17.2 Å². The van der Waals surface area contributed by atoms with Gasteiger partial charge in [0, 0.05) is 24.2 Å². The highest BCUT2D eigenvalue weighted by Crippen LogP contribution is 2.33. The molecule has 1 aromatic heterocycles. The fourth-order valence-corrected chi connectivity index (χ4v) is 5.33. The SMILES string of the molecule is CC.CC.CC.CC.CCc1c(S(=O)(=O)NCc2ccccc2)c2cc(O)ccc2n1Cc1ccccc1. The Balaban J connectivity index is 0.00000157. The number of rotatable bonds is 7. The molecule has 4 aromatic rings. The van der Waals surface area contributed by atoms with Crippen molar-refractivity contribution in [2.45, 2.75) is 86.7 Å². The molecule has 0 aliphatic rings. The second kappa shape index (κ2) is 19.0. The van der Waals surface area contributed by atoms with Gasteiger partial charge in [-0.25, -0.2) is 13.1 Å². The van der Waals surface area contributed by atoms with Crippen LogP contribution in [0.5, 0.6) is 5.75 Å².